The first-order chi connectivity index (χ1) is 12.2. The van der Waals surface area contributed by atoms with Crippen LogP contribution < -0.4 is 20.7 Å². The average Bonchev–Trinajstić information content (AvgIpc) is 2.58. The zero-order valence-corrected chi connectivity index (χ0v) is 17.3. The predicted molar refractivity (Wildman–Crippen MR) is 111 cm³/mol. The number of anilines is 1. The number of hydrogen-bond donors (Lipinski definition) is 2. The van der Waals surface area contributed by atoms with E-state index in [2.05, 4.69) is 15.0 Å². The molecule has 5 nitrogen and oxygen atoms in total. The summed E-state index contributed by atoms with van der Waals surface area (Å²) in [6.07, 6.45) is -4.70. The minimum atomic E-state index is -4.70. The van der Waals surface area contributed by atoms with E-state index in [0.29, 0.717) is 6.54 Å². The van der Waals surface area contributed by atoms with Crippen molar-refractivity contribution in [3.63, 3.8) is 0 Å². The molecule has 2 aromatic rings. The van der Waals surface area contributed by atoms with Crippen LogP contribution in [0.25, 0.3) is 0 Å². The van der Waals surface area contributed by atoms with Crippen LogP contribution in [0, 0.1) is 0 Å². The van der Waals surface area contributed by atoms with E-state index in [9.17, 15) is 13.2 Å². The van der Waals surface area contributed by atoms with Gasteiger partial charge < -0.3 is 20.7 Å². The summed E-state index contributed by atoms with van der Waals surface area (Å²) in [5.74, 6) is -0.00481. The van der Waals surface area contributed by atoms with Gasteiger partial charge in [-0.15, -0.1) is 37.1 Å². The molecule has 0 aliphatic heterocycles. The van der Waals surface area contributed by atoms with Crippen LogP contribution in [-0.2, 0) is 13.1 Å². The quantitative estimate of drug-likeness (QED) is 0.364. The van der Waals surface area contributed by atoms with Crippen LogP contribution in [0.5, 0.6) is 5.75 Å². The highest BCUT2D eigenvalue weighted by atomic mass is 127. The molecular formula is C18H22F3IN4O. The maximum absolute atomic E-state index is 12.1. The highest BCUT2D eigenvalue weighted by molar-refractivity contribution is 14.0. The van der Waals surface area contributed by atoms with Gasteiger partial charge in [0.25, 0.3) is 0 Å². The second kappa shape index (κ2) is 10.2. The molecule has 0 saturated heterocycles. The minimum Gasteiger partial charge on any atom is -0.406 e. The Morgan fingerprint density at radius 1 is 1.04 bits per heavy atom. The molecule has 0 fully saturated rings. The standard InChI is InChI=1S/C18H21F3N4O.HI/c1-25(2)15-7-3-13(4-8-15)11-23-17(22)24-12-14-5-9-16(10-6-14)26-18(19,20)21;/h3-10H,11-12H2,1-2H3,(H3,22,23,24);1H. The lowest BCUT2D eigenvalue weighted by Crippen LogP contribution is -2.31. The predicted octanol–water partition coefficient (Wildman–Crippen LogP) is 3.87. The number of benzene rings is 2. The van der Waals surface area contributed by atoms with Crippen LogP contribution in [0.2, 0.25) is 0 Å². The molecule has 0 unspecified atom stereocenters. The smallest absolute Gasteiger partial charge is 0.406 e. The molecule has 0 amide bonds. The lowest BCUT2D eigenvalue weighted by molar-refractivity contribution is -0.274. The second-order valence-electron chi connectivity index (χ2n) is 5.81. The normalized spacial score (nSPS) is 11.5. The van der Waals surface area contributed by atoms with E-state index in [-0.39, 0.29) is 42.2 Å². The van der Waals surface area contributed by atoms with Crippen molar-refractivity contribution in [2.75, 3.05) is 19.0 Å². The third-order valence-electron chi connectivity index (χ3n) is 3.52. The first kappa shape index (κ1) is 22.9. The SMILES string of the molecule is CN(C)c1ccc(CNC(N)=NCc2ccc(OC(F)(F)F)cc2)cc1.I. The zero-order valence-electron chi connectivity index (χ0n) is 15.0. The summed E-state index contributed by atoms with van der Waals surface area (Å²) in [7, 11) is 3.94. The number of aliphatic imine (C=N–C) groups is 1. The van der Waals surface area contributed by atoms with Gasteiger partial charge in [-0.05, 0) is 35.4 Å². The third kappa shape index (κ3) is 8.37. The molecule has 0 heterocycles. The van der Waals surface area contributed by atoms with Crippen LogP contribution in [0.4, 0.5) is 18.9 Å². The van der Waals surface area contributed by atoms with Crippen molar-refractivity contribution in [1.82, 2.24) is 5.32 Å². The number of nitrogens with zero attached hydrogens (tertiary/aromatic N) is 2. The van der Waals surface area contributed by atoms with Gasteiger partial charge in [0.1, 0.15) is 5.75 Å². The van der Waals surface area contributed by atoms with Gasteiger partial charge in [0.2, 0.25) is 0 Å². The number of nitrogens with two attached hydrogens (primary N) is 1. The monoisotopic (exact) mass is 494 g/mol. The van der Waals surface area contributed by atoms with Gasteiger partial charge in [-0.2, -0.15) is 0 Å². The molecule has 0 bridgehead atoms. The van der Waals surface area contributed by atoms with Gasteiger partial charge >= 0.3 is 6.36 Å². The van der Waals surface area contributed by atoms with E-state index in [1.54, 1.807) is 0 Å². The molecule has 0 aliphatic carbocycles. The van der Waals surface area contributed by atoms with E-state index in [0.717, 1.165) is 16.8 Å². The van der Waals surface area contributed by atoms with E-state index in [1.165, 1.54) is 24.3 Å². The summed E-state index contributed by atoms with van der Waals surface area (Å²) >= 11 is 0. The number of halogens is 4. The summed E-state index contributed by atoms with van der Waals surface area (Å²) in [4.78, 5) is 6.18. The Bertz CT molecular complexity index is 732. The van der Waals surface area contributed by atoms with Crippen molar-refractivity contribution >= 4 is 35.6 Å². The molecule has 0 atom stereocenters. The van der Waals surface area contributed by atoms with E-state index >= 15 is 0 Å². The Hall–Kier alpha value is -2.17. The van der Waals surface area contributed by atoms with E-state index in [1.807, 2.05) is 43.3 Å². The van der Waals surface area contributed by atoms with Gasteiger partial charge in [-0.3, -0.25) is 0 Å². The fourth-order valence-corrected chi connectivity index (χ4v) is 2.13. The Morgan fingerprint density at radius 3 is 2.11 bits per heavy atom. The number of ether oxygens (including phenoxy) is 1. The third-order valence-corrected chi connectivity index (χ3v) is 3.52. The molecule has 0 spiro atoms. The molecular weight excluding hydrogens is 472 g/mol. The summed E-state index contributed by atoms with van der Waals surface area (Å²) in [5, 5.41) is 3.00. The maximum atomic E-state index is 12.1. The second-order valence-corrected chi connectivity index (χ2v) is 5.81. The summed E-state index contributed by atoms with van der Waals surface area (Å²) in [6, 6.07) is 13.5. The lowest BCUT2D eigenvalue weighted by Gasteiger charge is -2.13. The van der Waals surface area contributed by atoms with Crippen molar-refractivity contribution < 1.29 is 17.9 Å². The van der Waals surface area contributed by atoms with Crippen molar-refractivity contribution in [1.29, 1.82) is 0 Å². The average molecular weight is 494 g/mol. The first-order valence-electron chi connectivity index (χ1n) is 7.88. The minimum absolute atomic E-state index is 0. The molecule has 2 aromatic carbocycles. The topological polar surface area (TPSA) is 62.9 Å². The van der Waals surface area contributed by atoms with E-state index < -0.39 is 6.36 Å². The van der Waals surface area contributed by atoms with Gasteiger partial charge in [-0.25, -0.2) is 4.99 Å². The van der Waals surface area contributed by atoms with Crippen molar-refractivity contribution in [2.45, 2.75) is 19.5 Å². The zero-order chi connectivity index (χ0) is 19.2. The summed E-state index contributed by atoms with van der Waals surface area (Å²) < 4.78 is 40.1. The highest BCUT2D eigenvalue weighted by Crippen LogP contribution is 2.22. The largest absolute Gasteiger partial charge is 0.573 e. The number of rotatable bonds is 6. The number of nitrogens with one attached hydrogen (secondary N) is 1. The molecule has 9 heteroatoms. The van der Waals surface area contributed by atoms with Gasteiger partial charge in [0.05, 0.1) is 6.54 Å². The molecule has 0 saturated carbocycles. The maximum Gasteiger partial charge on any atom is 0.573 e. The number of hydrogen-bond acceptors (Lipinski definition) is 3. The van der Waals surface area contributed by atoms with Crippen LogP contribution >= 0.6 is 24.0 Å². The Labute approximate surface area is 173 Å². The van der Waals surface area contributed by atoms with Gasteiger partial charge in [0.15, 0.2) is 5.96 Å². The van der Waals surface area contributed by atoms with Crippen molar-refractivity contribution in [2.24, 2.45) is 10.7 Å². The summed E-state index contributed by atoms with van der Waals surface area (Å²) in [6.45, 7) is 0.784. The number of guanidine groups is 1. The summed E-state index contributed by atoms with van der Waals surface area (Å²) in [5.41, 5.74) is 8.70. The Morgan fingerprint density at radius 2 is 1.59 bits per heavy atom. The fraction of sp³-hybridized carbons (Fsp3) is 0.278. The Kier molecular flexibility index (Phi) is 8.67. The lowest BCUT2D eigenvalue weighted by atomic mass is 10.2. The molecule has 0 aliphatic rings. The fourth-order valence-electron chi connectivity index (χ4n) is 2.13. The molecule has 3 N–H and O–H groups in total. The molecule has 0 radical (unpaired) electrons. The molecule has 27 heavy (non-hydrogen) atoms. The van der Waals surface area contributed by atoms with Gasteiger partial charge in [0, 0.05) is 26.3 Å². The Balaban J connectivity index is 0.00000364. The first-order valence-corrected chi connectivity index (χ1v) is 7.88. The molecule has 2 rings (SSSR count). The highest BCUT2D eigenvalue weighted by Gasteiger charge is 2.30. The number of alkyl halides is 3. The van der Waals surface area contributed by atoms with Crippen molar-refractivity contribution in [3.05, 3.63) is 59.7 Å². The van der Waals surface area contributed by atoms with Gasteiger partial charge in [-0.1, -0.05) is 24.3 Å². The van der Waals surface area contributed by atoms with E-state index in [4.69, 9.17) is 5.73 Å². The van der Waals surface area contributed by atoms with Crippen molar-refractivity contribution in [3.8, 4) is 5.75 Å². The van der Waals surface area contributed by atoms with Crippen LogP contribution in [0.1, 0.15) is 11.1 Å². The van der Waals surface area contributed by atoms with Crippen LogP contribution in [-0.4, -0.2) is 26.4 Å². The van der Waals surface area contributed by atoms with Crippen LogP contribution in [0.3, 0.4) is 0 Å². The van der Waals surface area contributed by atoms with Crippen LogP contribution in [0.15, 0.2) is 53.5 Å². The molecule has 0 aromatic heterocycles. The molecule has 148 valence electrons.